The molecule has 2 N–H and O–H groups in total. The summed E-state index contributed by atoms with van der Waals surface area (Å²) < 4.78 is 0. The number of rotatable bonds is 3. The van der Waals surface area contributed by atoms with E-state index < -0.39 is 0 Å². The zero-order chi connectivity index (χ0) is 12.7. The molecule has 90 valence electrons. The molecular weight excluding hydrogens is 208 g/mol. The fourth-order valence-electron chi connectivity index (χ4n) is 1.67. The van der Waals surface area contributed by atoms with Gasteiger partial charge in [0.15, 0.2) is 0 Å². The Morgan fingerprint density at radius 3 is 2.35 bits per heavy atom. The van der Waals surface area contributed by atoms with Crippen LogP contribution in [0.3, 0.4) is 0 Å². The van der Waals surface area contributed by atoms with Crippen molar-refractivity contribution in [2.75, 3.05) is 6.54 Å². The standard InChI is InChI=1S/C15H20N2/c1-5-8-13-11-16-14(9-6-2)15(10-7-3)17-12(13)4/h5-10,16-17H,2-3,11H2,1,4H3/b8-5-,14-9+,15-10+. The van der Waals surface area contributed by atoms with Crippen molar-refractivity contribution >= 4 is 0 Å². The molecule has 0 unspecified atom stereocenters. The summed E-state index contributed by atoms with van der Waals surface area (Å²) in [5.41, 5.74) is 4.43. The van der Waals surface area contributed by atoms with Gasteiger partial charge in [-0.25, -0.2) is 0 Å². The van der Waals surface area contributed by atoms with Crippen LogP contribution in [0.15, 0.2) is 72.3 Å². The number of allylic oxidation sites excluding steroid dienone is 6. The van der Waals surface area contributed by atoms with Crippen LogP contribution in [0, 0.1) is 0 Å². The second-order valence-corrected chi connectivity index (χ2v) is 3.76. The van der Waals surface area contributed by atoms with Crippen molar-refractivity contribution in [3.05, 3.63) is 72.3 Å². The summed E-state index contributed by atoms with van der Waals surface area (Å²) in [6, 6.07) is 0. The third kappa shape index (κ3) is 3.52. The molecule has 0 aromatic heterocycles. The second-order valence-electron chi connectivity index (χ2n) is 3.76. The van der Waals surface area contributed by atoms with Crippen molar-refractivity contribution in [3.8, 4) is 0 Å². The number of hydrogen-bond acceptors (Lipinski definition) is 2. The fourth-order valence-corrected chi connectivity index (χ4v) is 1.67. The molecule has 2 heteroatoms. The normalized spacial score (nSPS) is 21.3. The molecule has 0 atom stereocenters. The van der Waals surface area contributed by atoms with Crippen LogP contribution >= 0.6 is 0 Å². The molecule has 0 aromatic carbocycles. The molecular formula is C15H20N2. The molecule has 17 heavy (non-hydrogen) atoms. The summed E-state index contributed by atoms with van der Waals surface area (Å²) in [6.07, 6.45) is 11.6. The van der Waals surface area contributed by atoms with Crippen molar-refractivity contribution < 1.29 is 0 Å². The Balaban J connectivity index is 3.10. The molecule has 0 saturated heterocycles. The first-order chi connectivity index (χ1) is 8.22. The van der Waals surface area contributed by atoms with E-state index in [-0.39, 0.29) is 0 Å². The monoisotopic (exact) mass is 228 g/mol. The van der Waals surface area contributed by atoms with E-state index in [4.69, 9.17) is 0 Å². The van der Waals surface area contributed by atoms with Crippen LogP contribution in [0.25, 0.3) is 0 Å². The first kappa shape index (κ1) is 13.1. The summed E-state index contributed by atoms with van der Waals surface area (Å²) in [4.78, 5) is 0. The van der Waals surface area contributed by atoms with Crippen LogP contribution in [0.4, 0.5) is 0 Å². The van der Waals surface area contributed by atoms with Crippen molar-refractivity contribution in [2.45, 2.75) is 13.8 Å². The summed E-state index contributed by atoms with van der Waals surface area (Å²) in [5, 5.41) is 6.77. The lowest BCUT2D eigenvalue weighted by Crippen LogP contribution is -2.18. The maximum absolute atomic E-state index is 3.73. The fraction of sp³-hybridized carbons (Fsp3) is 0.200. The highest BCUT2D eigenvalue weighted by Gasteiger charge is 2.11. The number of nitrogens with one attached hydrogen (secondary N) is 2. The van der Waals surface area contributed by atoms with Crippen LogP contribution in [0.2, 0.25) is 0 Å². The molecule has 0 spiro atoms. The van der Waals surface area contributed by atoms with Gasteiger partial charge in [0.1, 0.15) is 0 Å². The molecule has 0 radical (unpaired) electrons. The third-order valence-electron chi connectivity index (χ3n) is 2.50. The van der Waals surface area contributed by atoms with Crippen molar-refractivity contribution in [1.82, 2.24) is 10.6 Å². The van der Waals surface area contributed by atoms with Crippen LogP contribution in [0.5, 0.6) is 0 Å². The average molecular weight is 228 g/mol. The first-order valence-electron chi connectivity index (χ1n) is 5.72. The van der Waals surface area contributed by atoms with Crippen LogP contribution < -0.4 is 10.6 Å². The predicted octanol–water partition coefficient (Wildman–Crippen LogP) is 3.17. The van der Waals surface area contributed by atoms with Crippen LogP contribution in [-0.2, 0) is 0 Å². The Labute approximate surface area is 104 Å². The highest BCUT2D eigenvalue weighted by Crippen LogP contribution is 2.15. The molecule has 0 fully saturated rings. The van der Waals surface area contributed by atoms with E-state index in [1.165, 1.54) is 5.57 Å². The van der Waals surface area contributed by atoms with E-state index in [0.29, 0.717) is 0 Å². The van der Waals surface area contributed by atoms with E-state index in [2.05, 4.69) is 36.8 Å². The summed E-state index contributed by atoms with van der Waals surface area (Å²) in [5.74, 6) is 0. The lowest BCUT2D eigenvalue weighted by Gasteiger charge is -2.11. The molecule has 1 aliphatic heterocycles. The SMILES string of the molecule is C=C/C=C1/NCC(/C=C\C)=C(C)N/C1=C/C=C. The quantitative estimate of drug-likeness (QED) is 0.775. The van der Waals surface area contributed by atoms with E-state index in [9.17, 15) is 0 Å². The number of hydrogen-bond donors (Lipinski definition) is 2. The Morgan fingerprint density at radius 1 is 1.12 bits per heavy atom. The summed E-state index contributed by atoms with van der Waals surface area (Å²) in [7, 11) is 0. The Bertz CT molecular complexity index is 420. The van der Waals surface area contributed by atoms with Crippen molar-refractivity contribution in [1.29, 1.82) is 0 Å². The van der Waals surface area contributed by atoms with E-state index in [1.54, 1.807) is 12.2 Å². The Kier molecular flexibility index (Phi) is 5.08. The molecule has 1 rings (SSSR count). The van der Waals surface area contributed by atoms with Gasteiger partial charge in [-0.2, -0.15) is 0 Å². The molecule has 0 aromatic rings. The minimum Gasteiger partial charge on any atom is -0.379 e. The van der Waals surface area contributed by atoms with Gasteiger partial charge in [-0.3, -0.25) is 0 Å². The zero-order valence-corrected chi connectivity index (χ0v) is 10.6. The van der Waals surface area contributed by atoms with Crippen molar-refractivity contribution in [3.63, 3.8) is 0 Å². The van der Waals surface area contributed by atoms with E-state index in [1.807, 2.05) is 25.2 Å². The summed E-state index contributed by atoms with van der Waals surface area (Å²) >= 11 is 0. The molecule has 1 aliphatic rings. The first-order valence-corrected chi connectivity index (χ1v) is 5.72. The molecule has 0 amide bonds. The van der Waals surface area contributed by atoms with Crippen LogP contribution in [0.1, 0.15) is 13.8 Å². The predicted molar refractivity (Wildman–Crippen MR) is 75.2 cm³/mol. The lowest BCUT2D eigenvalue weighted by atomic mass is 10.2. The van der Waals surface area contributed by atoms with Gasteiger partial charge in [0.25, 0.3) is 0 Å². The van der Waals surface area contributed by atoms with Gasteiger partial charge >= 0.3 is 0 Å². The van der Waals surface area contributed by atoms with Gasteiger partial charge in [0, 0.05) is 12.2 Å². The maximum Gasteiger partial charge on any atom is 0.0617 e. The molecule has 0 bridgehead atoms. The lowest BCUT2D eigenvalue weighted by molar-refractivity contribution is 0.894. The minimum atomic E-state index is 0.803. The molecule has 2 nitrogen and oxygen atoms in total. The maximum atomic E-state index is 3.73. The minimum absolute atomic E-state index is 0.803. The van der Waals surface area contributed by atoms with E-state index >= 15 is 0 Å². The largest absolute Gasteiger partial charge is 0.379 e. The Hall–Kier alpha value is -1.96. The van der Waals surface area contributed by atoms with Gasteiger partial charge in [-0.15, -0.1) is 0 Å². The molecule has 0 saturated carbocycles. The highest BCUT2D eigenvalue weighted by molar-refractivity contribution is 5.41. The van der Waals surface area contributed by atoms with Gasteiger partial charge in [-0.1, -0.05) is 37.5 Å². The van der Waals surface area contributed by atoms with E-state index in [0.717, 1.165) is 23.6 Å². The summed E-state index contributed by atoms with van der Waals surface area (Å²) in [6.45, 7) is 12.4. The smallest absolute Gasteiger partial charge is 0.0617 e. The van der Waals surface area contributed by atoms with Gasteiger partial charge in [-0.05, 0) is 31.6 Å². The third-order valence-corrected chi connectivity index (χ3v) is 2.50. The van der Waals surface area contributed by atoms with Gasteiger partial charge in [0.05, 0.1) is 11.4 Å². The zero-order valence-electron chi connectivity index (χ0n) is 10.6. The highest BCUT2D eigenvalue weighted by atomic mass is 15.0. The Morgan fingerprint density at radius 2 is 1.76 bits per heavy atom. The van der Waals surface area contributed by atoms with Crippen molar-refractivity contribution in [2.24, 2.45) is 0 Å². The molecule has 1 heterocycles. The average Bonchev–Trinajstić information content (AvgIpc) is 2.44. The van der Waals surface area contributed by atoms with Gasteiger partial charge in [0.2, 0.25) is 0 Å². The van der Waals surface area contributed by atoms with Gasteiger partial charge < -0.3 is 10.6 Å². The second kappa shape index (κ2) is 6.59. The topological polar surface area (TPSA) is 24.1 Å². The molecule has 0 aliphatic carbocycles. The van der Waals surface area contributed by atoms with Crippen LogP contribution in [-0.4, -0.2) is 6.54 Å².